The van der Waals surface area contributed by atoms with E-state index < -0.39 is 11.9 Å². The highest BCUT2D eigenvalue weighted by Gasteiger charge is 2.18. The van der Waals surface area contributed by atoms with Crippen LogP contribution >= 0.6 is 31.9 Å². The summed E-state index contributed by atoms with van der Waals surface area (Å²) in [6.07, 6.45) is 0.425. The fourth-order valence-electron chi connectivity index (χ4n) is 0.963. The Morgan fingerprint density at radius 3 is 1.29 bits per heavy atom. The Balaban J connectivity index is 5.03. The van der Waals surface area contributed by atoms with Crippen LogP contribution in [0.1, 0.15) is 12.8 Å². The molecule has 0 aliphatic heterocycles. The van der Waals surface area contributed by atoms with Gasteiger partial charge in [0.1, 0.15) is 0 Å². The Morgan fingerprint density at radius 2 is 1.14 bits per heavy atom. The maximum Gasteiger partial charge on any atom is 0.332 e. The number of carboxylic acid groups (broad SMARTS) is 2. The van der Waals surface area contributed by atoms with Gasteiger partial charge in [0.25, 0.3) is 0 Å². The van der Waals surface area contributed by atoms with Crippen molar-refractivity contribution < 1.29 is 19.8 Å². The van der Waals surface area contributed by atoms with Crippen molar-refractivity contribution in [2.45, 2.75) is 12.8 Å². The molecule has 0 amide bonds. The average molecular weight is 330 g/mol. The number of hydrogen-bond acceptors (Lipinski definition) is 2. The van der Waals surface area contributed by atoms with E-state index in [1.807, 2.05) is 0 Å². The van der Waals surface area contributed by atoms with Gasteiger partial charge >= 0.3 is 11.9 Å². The molecule has 14 heavy (non-hydrogen) atoms. The number of halogens is 2. The van der Waals surface area contributed by atoms with E-state index in [2.05, 4.69) is 31.9 Å². The van der Waals surface area contributed by atoms with Gasteiger partial charge in [-0.1, -0.05) is 31.9 Å². The van der Waals surface area contributed by atoms with Gasteiger partial charge in [-0.2, -0.15) is 0 Å². The average Bonchev–Trinajstić information content (AvgIpc) is 2.10. The van der Waals surface area contributed by atoms with Crippen molar-refractivity contribution in [3.8, 4) is 0 Å². The lowest BCUT2D eigenvalue weighted by atomic mass is 10.0. The fraction of sp³-hybridized carbons (Fsp3) is 0.500. The molecule has 0 aromatic carbocycles. The first-order valence-electron chi connectivity index (χ1n) is 3.85. The topological polar surface area (TPSA) is 74.6 Å². The Bertz CT molecular complexity index is 234. The lowest BCUT2D eigenvalue weighted by molar-refractivity contribution is -0.136. The molecule has 0 spiro atoms. The van der Waals surface area contributed by atoms with E-state index in [9.17, 15) is 9.59 Å². The molecule has 0 aliphatic rings. The quantitative estimate of drug-likeness (QED) is 0.577. The Hall–Kier alpha value is -0.360. The number of alkyl halides is 2. The normalized spacial score (nSPS) is 12.1. The maximum atomic E-state index is 10.8. The highest BCUT2D eigenvalue weighted by atomic mass is 79.9. The summed E-state index contributed by atoms with van der Waals surface area (Å²) in [4.78, 5) is 21.5. The summed E-state index contributed by atoms with van der Waals surface area (Å²) in [5.74, 6) is -2.33. The van der Waals surface area contributed by atoms with Gasteiger partial charge in [0.05, 0.1) is 0 Å². The zero-order valence-corrected chi connectivity index (χ0v) is 10.5. The van der Waals surface area contributed by atoms with Crippen molar-refractivity contribution >= 4 is 43.8 Å². The van der Waals surface area contributed by atoms with Gasteiger partial charge in [-0.05, 0) is 12.8 Å². The molecule has 6 heteroatoms. The third-order valence-electron chi connectivity index (χ3n) is 1.57. The second-order valence-corrected chi connectivity index (χ2v) is 4.03. The monoisotopic (exact) mass is 328 g/mol. The van der Waals surface area contributed by atoms with Gasteiger partial charge in [0, 0.05) is 21.8 Å². The van der Waals surface area contributed by atoms with Crippen molar-refractivity contribution in [3.63, 3.8) is 0 Å². The second-order valence-electron chi connectivity index (χ2n) is 2.45. The van der Waals surface area contributed by atoms with Crippen molar-refractivity contribution in [3.05, 3.63) is 11.1 Å². The molecule has 0 radical (unpaired) electrons. The van der Waals surface area contributed by atoms with Gasteiger partial charge in [-0.3, -0.25) is 0 Å². The summed E-state index contributed by atoms with van der Waals surface area (Å²) in [6, 6.07) is 0. The van der Waals surface area contributed by atoms with Crippen LogP contribution in [0, 0.1) is 0 Å². The van der Waals surface area contributed by atoms with Gasteiger partial charge < -0.3 is 10.2 Å². The number of rotatable bonds is 6. The van der Waals surface area contributed by atoms with E-state index in [4.69, 9.17) is 10.2 Å². The number of carboxylic acids is 2. The minimum atomic E-state index is -1.16. The SMILES string of the molecule is O=C(O)/C(CCBr)=C(\CCBr)C(=O)O. The largest absolute Gasteiger partial charge is 0.478 e. The smallest absolute Gasteiger partial charge is 0.332 e. The Labute approximate surface area is 98.3 Å². The molecule has 0 saturated carbocycles. The van der Waals surface area contributed by atoms with Crippen LogP contribution in [0.4, 0.5) is 0 Å². The minimum absolute atomic E-state index is 0.0335. The molecule has 0 rings (SSSR count). The molecule has 4 nitrogen and oxygen atoms in total. The molecule has 0 fully saturated rings. The fourth-order valence-corrected chi connectivity index (χ4v) is 1.76. The molecule has 0 aliphatic carbocycles. The third-order valence-corrected chi connectivity index (χ3v) is 2.36. The van der Waals surface area contributed by atoms with E-state index >= 15 is 0 Å². The number of hydrogen-bond donors (Lipinski definition) is 2. The van der Waals surface area contributed by atoms with Crippen LogP contribution in [0.15, 0.2) is 11.1 Å². The van der Waals surface area contributed by atoms with Crippen LogP contribution in [-0.4, -0.2) is 32.8 Å². The zero-order chi connectivity index (χ0) is 11.1. The molecule has 0 unspecified atom stereocenters. The summed E-state index contributed by atoms with van der Waals surface area (Å²) in [5, 5.41) is 18.5. The Morgan fingerprint density at radius 1 is 0.857 bits per heavy atom. The molecule has 0 aromatic rings. The summed E-state index contributed by atoms with van der Waals surface area (Å²) in [5.41, 5.74) is -0.0670. The van der Waals surface area contributed by atoms with Crippen LogP contribution in [0.5, 0.6) is 0 Å². The first kappa shape index (κ1) is 13.6. The van der Waals surface area contributed by atoms with E-state index in [1.165, 1.54) is 0 Å². The second kappa shape index (κ2) is 7.00. The van der Waals surface area contributed by atoms with E-state index in [0.717, 1.165) is 0 Å². The zero-order valence-electron chi connectivity index (χ0n) is 7.30. The van der Waals surface area contributed by atoms with E-state index in [0.29, 0.717) is 10.7 Å². The highest BCUT2D eigenvalue weighted by Crippen LogP contribution is 2.16. The molecule has 2 N–H and O–H groups in total. The molecular formula is C8H10Br2O4. The summed E-state index contributed by atoms with van der Waals surface area (Å²) >= 11 is 6.17. The lowest BCUT2D eigenvalue weighted by Crippen LogP contribution is -2.12. The standard InChI is InChI=1S/C8H10Br2O4/c9-3-1-5(7(11)12)6(2-4-10)8(13)14/h1-4H2,(H,11,12)(H,13,14)/b6-5+. The van der Waals surface area contributed by atoms with Crippen LogP contribution < -0.4 is 0 Å². The maximum absolute atomic E-state index is 10.8. The molecule has 0 heterocycles. The highest BCUT2D eigenvalue weighted by molar-refractivity contribution is 9.09. The summed E-state index contributed by atoms with van der Waals surface area (Å²) in [6.45, 7) is 0. The molecule has 0 saturated heterocycles. The van der Waals surface area contributed by atoms with Crippen molar-refractivity contribution in [2.24, 2.45) is 0 Å². The van der Waals surface area contributed by atoms with Crippen LogP contribution in [0.25, 0.3) is 0 Å². The van der Waals surface area contributed by atoms with Crippen molar-refractivity contribution in [1.29, 1.82) is 0 Å². The first-order chi connectivity index (χ1) is 6.54. The van der Waals surface area contributed by atoms with Crippen LogP contribution in [-0.2, 0) is 9.59 Å². The summed E-state index contributed by atoms with van der Waals surface area (Å²) < 4.78 is 0. The minimum Gasteiger partial charge on any atom is -0.478 e. The van der Waals surface area contributed by atoms with Crippen molar-refractivity contribution in [1.82, 2.24) is 0 Å². The van der Waals surface area contributed by atoms with E-state index in [1.54, 1.807) is 0 Å². The first-order valence-corrected chi connectivity index (χ1v) is 6.09. The predicted octanol–water partition coefficient (Wildman–Crippen LogP) is 2.02. The third kappa shape index (κ3) is 4.23. The molecule has 0 aromatic heterocycles. The lowest BCUT2D eigenvalue weighted by Gasteiger charge is -2.05. The van der Waals surface area contributed by atoms with Gasteiger partial charge in [0.2, 0.25) is 0 Å². The van der Waals surface area contributed by atoms with Gasteiger partial charge in [0.15, 0.2) is 0 Å². The molecular weight excluding hydrogens is 320 g/mol. The number of aliphatic carboxylic acids is 2. The predicted molar refractivity (Wildman–Crippen MR) is 59.1 cm³/mol. The molecule has 0 atom stereocenters. The van der Waals surface area contributed by atoms with Gasteiger partial charge in [-0.15, -0.1) is 0 Å². The summed E-state index contributed by atoms with van der Waals surface area (Å²) in [7, 11) is 0. The Kier molecular flexibility index (Phi) is 6.82. The molecule has 0 bridgehead atoms. The van der Waals surface area contributed by atoms with Crippen LogP contribution in [0.3, 0.4) is 0 Å². The van der Waals surface area contributed by atoms with E-state index in [-0.39, 0.29) is 24.0 Å². The molecule has 80 valence electrons. The van der Waals surface area contributed by atoms with Crippen molar-refractivity contribution in [2.75, 3.05) is 10.7 Å². The number of carbonyl (C=O) groups is 2. The van der Waals surface area contributed by atoms with Crippen LogP contribution in [0.2, 0.25) is 0 Å². The van der Waals surface area contributed by atoms with Gasteiger partial charge in [-0.25, -0.2) is 9.59 Å².